The van der Waals surface area contributed by atoms with E-state index in [9.17, 15) is 0 Å². The van der Waals surface area contributed by atoms with Crippen molar-refractivity contribution in [2.75, 3.05) is 6.66 Å². The molecule has 2 aromatic rings. The molecular weight excluding hydrogens is 247 g/mol. The summed E-state index contributed by atoms with van der Waals surface area (Å²) in [6.45, 7) is 9.48. The van der Waals surface area contributed by atoms with E-state index in [0.717, 1.165) is 8.58 Å². The first kappa shape index (κ1) is 12.9. The Balaban J connectivity index is 2.43. The summed E-state index contributed by atoms with van der Waals surface area (Å²) in [6.07, 6.45) is 0. The van der Waals surface area contributed by atoms with Crippen LogP contribution in [0, 0.1) is 5.41 Å². The van der Waals surface area contributed by atoms with Crippen LogP contribution in [0.15, 0.2) is 48.5 Å². The van der Waals surface area contributed by atoms with Crippen molar-refractivity contribution < 1.29 is 0 Å². The maximum absolute atomic E-state index is 2.38. The van der Waals surface area contributed by atoms with E-state index < -0.39 is 0 Å². The second-order valence-corrected chi connectivity index (χ2v) is 7.59. The van der Waals surface area contributed by atoms with Crippen LogP contribution in [0.5, 0.6) is 0 Å². The number of rotatable bonds is 1. The van der Waals surface area contributed by atoms with E-state index in [0.29, 0.717) is 0 Å². The normalized spacial score (nSPS) is 16.6. The monoisotopic (exact) mass is 268 g/mol. The van der Waals surface area contributed by atoms with Crippen LogP contribution in [0.2, 0.25) is 0 Å². The summed E-state index contributed by atoms with van der Waals surface area (Å²) in [4.78, 5) is 0. The SMILES string of the molecule is CPC1(C(C)(C)C)c2ccccc2-c2ccccc21. The second kappa shape index (κ2) is 4.18. The van der Waals surface area contributed by atoms with Crippen LogP contribution >= 0.6 is 8.58 Å². The van der Waals surface area contributed by atoms with Gasteiger partial charge in [-0.3, -0.25) is 0 Å². The Hall–Kier alpha value is -1.13. The molecule has 0 heterocycles. The zero-order chi connectivity index (χ0) is 13.7. The highest BCUT2D eigenvalue weighted by Crippen LogP contribution is 2.64. The van der Waals surface area contributed by atoms with Crippen molar-refractivity contribution in [3.63, 3.8) is 0 Å². The predicted octanol–water partition coefficient (Wildman–Crippen LogP) is 5.27. The van der Waals surface area contributed by atoms with Crippen molar-refractivity contribution in [1.29, 1.82) is 0 Å². The molecule has 0 amide bonds. The van der Waals surface area contributed by atoms with Gasteiger partial charge in [0.1, 0.15) is 0 Å². The Morgan fingerprint density at radius 1 is 0.789 bits per heavy atom. The standard InChI is InChI=1S/C18H21P/c1-17(2,3)18(19-4)15-11-7-5-9-13(15)14-10-6-8-12-16(14)18/h5-12,19H,1-4H3. The average molecular weight is 268 g/mol. The van der Waals surface area contributed by atoms with Crippen molar-refractivity contribution in [2.45, 2.75) is 25.9 Å². The molecule has 1 unspecified atom stereocenters. The van der Waals surface area contributed by atoms with Gasteiger partial charge in [0.05, 0.1) is 0 Å². The lowest BCUT2D eigenvalue weighted by atomic mass is 9.74. The van der Waals surface area contributed by atoms with Crippen molar-refractivity contribution in [2.24, 2.45) is 5.41 Å². The summed E-state index contributed by atoms with van der Waals surface area (Å²) in [6, 6.07) is 17.9. The first-order valence-electron chi connectivity index (χ1n) is 6.90. The zero-order valence-corrected chi connectivity index (χ0v) is 13.1. The number of fused-ring (bicyclic) bond motifs is 3. The van der Waals surface area contributed by atoms with Gasteiger partial charge in [0.15, 0.2) is 0 Å². The van der Waals surface area contributed by atoms with E-state index in [1.807, 2.05) is 0 Å². The van der Waals surface area contributed by atoms with Gasteiger partial charge in [-0.1, -0.05) is 69.3 Å². The molecule has 1 atom stereocenters. The molecule has 98 valence electrons. The highest BCUT2D eigenvalue weighted by atomic mass is 31.1. The van der Waals surface area contributed by atoms with Gasteiger partial charge < -0.3 is 0 Å². The molecule has 0 nitrogen and oxygen atoms in total. The lowest BCUT2D eigenvalue weighted by Crippen LogP contribution is -2.35. The minimum atomic E-state index is 0.167. The van der Waals surface area contributed by atoms with Gasteiger partial charge in [-0.2, -0.15) is 0 Å². The van der Waals surface area contributed by atoms with Crippen LogP contribution in [0.25, 0.3) is 11.1 Å². The van der Waals surface area contributed by atoms with Crippen LogP contribution in [0.3, 0.4) is 0 Å². The van der Waals surface area contributed by atoms with Gasteiger partial charge in [-0.25, -0.2) is 0 Å². The summed E-state index contributed by atoms with van der Waals surface area (Å²) in [5.41, 5.74) is 6.13. The molecule has 2 aromatic carbocycles. The van der Waals surface area contributed by atoms with Crippen molar-refractivity contribution in [3.05, 3.63) is 59.7 Å². The molecule has 0 spiro atoms. The Morgan fingerprint density at radius 3 is 1.58 bits per heavy atom. The van der Waals surface area contributed by atoms with E-state index in [1.165, 1.54) is 22.3 Å². The van der Waals surface area contributed by atoms with E-state index in [4.69, 9.17) is 0 Å². The quantitative estimate of drug-likeness (QED) is 0.618. The molecule has 19 heavy (non-hydrogen) atoms. The summed E-state index contributed by atoms with van der Waals surface area (Å²) in [7, 11) is 0.867. The van der Waals surface area contributed by atoms with Gasteiger partial charge in [-0.05, 0) is 34.3 Å². The van der Waals surface area contributed by atoms with Crippen molar-refractivity contribution in [3.8, 4) is 11.1 Å². The third-order valence-corrected chi connectivity index (χ3v) is 6.49. The molecule has 3 rings (SSSR count). The molecular formula is C18H21P. The minimum Gasteiger partial charge on any atom is -0.109 e. The molecule has 0 saturated carbocycles. The maximum Gasteiger partial charge on any atom is 0.0430 e. The highest BCUT2D eigenvalue weighted by molar-refractivity contribution is 7.39. The number of hydrogen-bond acceptors (Lipinski definition) is 0. The lowest BCUT2D eigenvalue weighted by molar-refractivity contribution is 0.327. The largest absolute Gasteiger partial charge is 0.109 e. The molecule has 0 saturated heterocycles. The molecule has 1 heteroatoms. The zero-order valence-electron chi connectivity index (χ0n) is 12.1. The van der Waals surface area contributed by atoms with Crippen LogP contribution in [0.4, 0.5) is 0 Å². The Labute approximate surface area is 118 Å². The number of benzene rings is 2. The first-order valence-corrected chi connectivity index (χ1v) is 8.40. The van der Waals surface area contributed by atoms with Gasteiger partial charge >= 0.3 is 0 Å². The van der Waals surface area contributed by atoms with Gasteiger partial charge in [-0.15, -0.1) is 8.58 Å². The van der Waals surface area contributed by atoms with E-state index >= 15 is 0 Å². The first-order chi connectivity index (χ1) is 9.02. The summed E-state index contributed by atoms with van der Waals surface area (Å²) >= 11 is 0. The highest BCUT2D eigenvalue weighted by Gasteiger charge is 2.49. The van der Waals surface area contributed by atoms with Crippen molar-refractivity contribution >= 4 is 8.58 Å². The van der Waals surface area contributed by atoms with Gasteiger partial charge in [0, 0.05) is 5.16 Å². The van der Waals surface area contributed by atoms with Gasteiger partial charge in [0.25, 0.3) is 0 Å². The van der Waals surface area contributed by atoms with Crippen LogP contribution in [-0.2, 0) is 5.16 Å². The molecule has 1 aliphatic carbocycles. The van der Waals surface area contributed by atoms with Crippen molar-refractivity contribution in [1.82, 2.24) is 0 Å². The second-order valence-electron chi connectivity index (χ2n) is 6.34. The summed E-state index contributed by atoms with van der Waals surface area (Å²) in [5, 5.41) is 0.167. The van der Waals surface area contributed by atoms with E-state index in [2.05, 4.69) is 76.0 Å². The van der Waals surface area contributed by atoms with E-state index in [-0.39, 0.29) is 10.6 Å². The van der Waals surface area contributed by atoms with Crippen LogP contribution in [0.1, 0.15) is 31.9 Å². The van der Waals surface area contributed by atoms with E-state index in [1.54, 1.807) is 0 Å². The molecule has 0 aromatic heterocycles. The Bertz CT molecular complexity index is 574. The Morgan fingerprint density at radius 2 is 1.21 bits per heavy atom. The third-order valence-electron chi connectivity index (χ3n) is 4.45. The minimum absolute atomic E-state index is 0.167. The smallest absolute Gasteiger partial charge is 0.0430 e. The lowest BCUT2D eigenvalue weighted by Gasteiger charge is -2.43. The molecule has 0 fully saturated rings. The fourth-order valence-corrected chi connectivity index (χ4v) is 5.41. The summed E-state index contributed by atoms with van der Waals surface area (Å²) < 4.78 is 0. The van der Waals surface area contributed by atoms with Gasteiger partial charge in [0.2, 0.25) is 0 Å². The number of hydrogen-bond donors (Lipinski definition) is 0. The van der Waals surface area contributed by atoms with Crippen LogP contribution < -0.4 is 0 Å². The molecule has 1 aliphatic rings. The topological polar surface area (TPSA) is 0 Å². The summed E-state index contributed by atoms with van der Waals surface area (Å²) in [5.74, 6) is 0. The average Bonchev–Trinajstić information content (AvgIpc) is 2.69. The molecule has 0 N–H and O–H groups in total. The molecule has 0 radical (unpaired) electrons. The fourth-order valence-electron chi connectivity index (χ4n) is 3.69. The fraction of sp³-hybridized carbons (Fsp3) is 0.333. The predicted molar refractivity (Wildman–Crippen MR) is 86.4 cm³/mol. The Kier molecular flexibility index (Phi) is 2.84. The molecule has 0 bridgehead atoms. The third kappa shape index (κ3) is 1.56. The maximum atomic E-state index is 2.38. The molecule has 0 aliphatic heterocycles. The van der Waals surface area contributed by atoms with Crippen LogP contribution in [-0.4, -0.2) is 6.66 Å².